The predicted molar refractivity (Wildman–Crippen MR) is 66.4 cm³/mol. The molecule has 1 heterocycles. The van der Waals surface area contributed by atoms with Gasteiger partial charge in [0.1, 0.15) is 0 Å². The molecule has 15 heavy (non-hydrogen) atoms. The highest BCUT2D eigenvalue weighted by Crippen LogP contribution is 2.28. The monoisotopic (exact) mass is 295 g/mol. The van der Waals surface area contributed by atoms with E-state index >= 15 is 0 Å². The van der Waals surface area contributed by atoms with E-state index in [0.29, 0.717) is 13.1 Å². The Labute approximate surface area is 101 Å². The van der Waals surface area contributed by atoms with Crippen LogP contribution >= 0.6 is 15.9 Å². The molecule has 0 unspecified atom stereocenters. The van der Waals surface area contributed by atoms with Crippen molar-refractivity contribution in [3.05, 3.63) is 10.6 Å². The van der Waals surface area contributed by atoms with Gasteiger partial charge in [0.2, 0.25) is 10.0 Å². The van der Waals surface area contributed by atoms with Crippen LogP contribution in [0.15, 0.2) is 10.6 Å². The Kier molecular flexibility index (Phi) is 3.68. The van der Waals surface area contributed by atoms with E-state index in [1.165, 1.54) is 0 Å². The summed E-state index contributed by atoms with van der Waals surface area (Å²) in [6, 6.07) is 0. The van der Waals surface area contributed by atoms with Gasteiger partial charge in [-0.15, -0.1) is 0 Å². The number of nitrogens with zero attached hydrogens (tertiary/aromatic N) is 1. The van der Waals surface area contributed by atoms with Crippen LogP contribution in [0.4, 0.5) is 0 Å². The van der Waals surface area contributed by atoms with Gasteiger partial charge in [-0.1, -0.05) is 28.9 Å². The number of rotatable bonds is 1. The van der Waals surface area contributed by atoms with Crippen molar-refractivity contribution >= 4 is 26.0 Å². The summed E-state index contributed by atoms with van der Waals surface area (Å²) >= 11 is 3.44. The minimum Gasteiger partial charge on any atom is -0.212 e. The number of sulfonamides is 1. The van der Waals surface area contributed by atoms with E-state index in [-0.39, 0.29) is 5.92 Å². The van der Waals surface area contributed by atoms with Crippen LogP contribution in [-0.2, 0) is 10.0 Å². The molecule has 3 nitrogen and oxygen atoms in total. The number of hydrogen-bond acceptors (Lipinski definition) is 2. The molecule has 0 N–H and O–H groups in total. The highest BCUT2D eigenvalue weighted by molar-refractivity contribution is 9.11. The van der Waals surface area contributed by atoms with Gasteiger partial charge >= 0.3 is 0 Å². The molecular formula is C10H18BrNO2S. The average Bonchev–Trinajstić information content (AvgIpc) is 2.07. The van der Waals surface area contributed by atoms with Crippen molar-refractivity contribution in [2.24, 2.45) is 5.92 Å². The van der Waals surface area contributed by atoms with E-state index in [2.05, 4.69) is 15.9 Å². The molecule has 0 saturated heterocycles. The molecule has 0 aromatic rings. The van der Waals surface area contributed by atoms with Crippen LogP contribution < -0.4 is 0 Å². The van der Waals surface area contributed by atoms with Crippen molar-refractivity contribution in [1.82, 2.24) is 4.31 Å². The Morgan fingerprint density at radius 3 is 2.40 bits per heavy atom. The smallest absolute Gasteiger partial charge is 0.212 e. The molecule has 0 fully saturated rings. The first-order valence-electron chi connectivity index (χ1n) is 5.01. The zero-order valence-corrected chi connectivity index (χ0v) is 12.0. The minimum absolute atomic E-state index is 0.246. The summed E-state index contributed by atoms with van der Waals surface area (Å²) in [5, 5.41) is 0. The summed E-state index contributed by atoms with van der Waals surface area (Å²) in [5.74, 6) is 0.246. The van der Waals surface area contributed by atoms with Crippen molar-refractivity contribution in [2.45, 2.75) is 32.4 Å². The van der Waals surface area contributed by atoms with Gasteiger partial charge in [0.05, 0.1) is 4.75 Å². The lowest BCUT2D eigenvalue weighted by molar-refractivity contribution is 0.378. The summed E-state index contributed by atoms with van der Waals surface area (Å²) in [6.45, 7) is 8.27. The second kappa shape index (κ2) is 4.18. The molecule has 1 aliphatic heterocycles. The molecule has 0 amide bonds. The molecule has 0 spiro atoms. The van der Waals surface area contributed by atoms with Crippen molar-refractivity contribution in [3.63, 3.8) is 0 Å². The Balaban J connectivity index is 2.95. The third-order valence-electron chi connectivity index (χ3n) is 2.55. The molecule has 0 bridgehead atoms. The maximum atomic E-state index is 12.1. The first kappa shape index (κ1) is 13.2. The molecule has 5 heteroatoms. The molecule has 1 aliphatic rings. The van der Waals surface area contributed by atoms with Gasteiger partial charge < -0.3 is 0 Å². The Hall–Kier alpha value is 0.130. The normalized spacial score (nSPS) is 25.1. The van der Waals surface area contributed by atoms with Gasteiger partial charge in [-0.2, -0.15) is 4.31 Å². The van der Waals surface area contributed by atoms with Gasteiger partial charge in [-0.3, -0.25) is 0 Å². The summed E-state index contributed by atoms with van der Waals surface area (Å²) in [7, 11) is -3.19. The lowest BCUT2D eigenvalue weighted by atomic mass is 10.1. The summed E-state index contributed by atoms with van der Waals surface area (Å²) in [5.41, 5.74) is 0. The van der Waals surface area contributed by atoms with E-state index in [1.807, 2.05) is 13.0 Å². The van der Waals surface area contributed by atoms with Crippen molar-refractivity contribution in [1.29, 1.82) is 0 Å². The zero-order valence-electron chi connectivity index (χ0n) is 9.62. The summed E-state index contributed by atoms with van der Waals surface area (Å²) in [6.07, 6.45) is 1.93. The molecule has 0 aromatic carbocycles. The van der Waals surface area contributed by atoms with Crippen LogP contribution in [0.1, 0.15) is 27.7 Å². The fourth-order valence-corrected chi connectivity index (χ4v) is 3.20. The van der Waals surface area contributed by atoms with Crippen LogP contribution in [-0.4, -0.2) is 30.6 Å². The van der Waals surface area contributed by atoms with E-state index < -0.39 is 14.8 Å². The number of halogens is 1. The molecule has 0 aromatic heterocycles. The molecular weight excluding hydrogens is 278 g/mol. The van der Waals surface area contributed by atoms with E-state index in [0.717, 1.165) is 4.48 Å². The van der Waals surface area contributed by atoms with Crippen molar-refractivity contribution < 1.29 is 8.42 Å². The molecule has 0 saturated carbocycles. The lowest BCUT2D eigenvalue weighted by Crippen LogP contribution is -2.46. The highest BCUT2D eigenvalue weighted by atomic mass is 79.9. The Bertz CT molecular complexity index is 367. The quantitative estimate of drug-likeness (QED) is 0.745. The molecule has 1 rings (SSSR count). The maximum Gasteiger partial charge on any atom is 0.219 e. The fraction of sp³-hybridized carbons (Fsp3) is 0.800. The summed E-state index contributed by atoms with van der Waals surface area (Å²) in [4.78, 5) is 0. The SMILES string of the molecule is C[C@H]1CN(S(=O)(=O)C(C)(C)C)CC=C1Br. The Morgan fingerprint density at radius 1 is 1.47 bits per heavy atom. The van der Waals surface area contributed by atoms with Crippen LogP contribution in [0.25, 0.3) is 0 Å². The van der Waals surface area contributed by atoms with Gasteiger partial charge in [0.15, 0.2) is 0 Å². The standard InChI is InChI=1S/C10H18BrNO2S/c1-8-7-12(6-5-9(8)11)15(13,14)10(2,3)4/h5,8H,6-7H2,1-4H3/t8-/m0/s1. The van der Waals surface area contributed by atoms with Crippen LogP contribution in [0.2, 0.25) is 0 Å². The first-order chi connectivity index (χ1) is 6.66. The third kappa shape index (κ3) is 2.63. The van der Waals surface area contributed by atoms with Crippen molar-refractivity contribution in [2.75, 3.05) is 13.1 Å². The van der Waals surface area contributed by atoms with E-state index in [1.54, 1.807) is 25.1 Å². The van der Waals surface area contributed by atoms with Gasteiger partial charge in [-0.25, -0.2) is 8.42 Å². The average molecular weight is 296 g/mol. The van der Waals surface area contributed by atoms with Gasteiger partial charge in [0, 0.05) is 19.0 Å². The third-order valence-corrected chi connectivity index (χ3v) is 6.18. The van der Waals surface area contributed by atoms with Gasteiger partial charge in [0.25, 0.3) is 0 Å². The maximum absolute atomic E-state index is 12.1. The van der Waals surface area contributed by atoms with Crippen molar-refractivity contribution in [3.8, 4) is 0 Å². The first-order valence-corrected chi connectivity index (χ1v) is 7.25. The second-order valence-electron chi connectivity index (χ2n) is 4.92. The fourth-order valence-electron chi connectivity index (χ4n) is 1.44. The van der Waals surface area contributed by atoms with Gasteiger partial charge in [-0.05, 0) is 25.3 Å². The van der Waals surface area contributed by atoms with Crippen LogP contribution in [0.3, 0.4) is 0 Å². The summed E-state index contributed by atoms with van der Waals surface area (Å²) < 4.78 is 26.2. The molecule has 0 aliphatic carbocycles. The second-order valence-corrected chi connectivity index (χ2v) is 8.53. The Morgan fingerprint density at radius 2 is 2.00 bits per heavy atom. The minimum atomic E-state index is -3.19. The van der Waals surface area contributed by atoms with Crippen LogP contribution in [0, 0.1) is 5.92 Å². The molecule has 1 atom stereocenters. The zero-order chi connectivity index (χ0) is 11.9. The highest BCUT2D eigenvalue weighted by Gasteiger charge is 2.36. The van der Waals surface area contributed by atoms with Crippen LogP contribution in [0.5, 0.6) is 0 Å². The topological polar surface area (TPSA) is 37.4 Å². The number of hydrogen-bond donors (Lipinski definition) is 0. The van der Waals surface area contributed by atoms with E-state index in [4.69, 9.17) is 0 Å². The van der Waals surface area contributed by atoms with E-state index in [9.17, 15) is 8.42 Å². The lowest BCUT2D eigenvalue weighted by Gasteiger charge is -2.33. The molecule has 88 valence electrons. The largest absolute Gasteiger partial charge is 0.219 e. The molecule has 0 radical (unpaired) electrons. The predicted octanol–water partition coefficient (Wildman–Crippen LogP) is 2.35.